The van der Waals surface area contributed by atoms with Gasteiger partial charge in [0.1, 0.15) is 36.2 Å². The topological polar surface area (TPSA) is 176 Å². The van der Waals surface area contributed by atoms with Crippen LogP contribution >= 0.6 is 0 Å². The lowest BCUT2D eigenvalue weighted by molar-refractivity contribution is -0.154. The Balaban J connectivity index is 1.08. The zero-order valence-electron chi connectivity index (χ0n) is 35.9. The third kappa shape index (κ3) is 13.1. The summed E-state index contributed by atoms with van der Waals surface area (Å²) in [5.41, 5.74) is 4.77. The van der Waals surface area contributed by atoms with Gasteiger partial charge >= 0.3 is 35.8 Å². The lowest BCUT2D eigenvalue weighted by Crippen LogP contribution is -2.30. The van der Waals surface area contributed by atoms with Crippen LogP contribution in [0.2, 0.25) is 0 Å². The summed E-state index contributed by atoms with van der Waals surface area (Å²) in [6.45, 7) is 16.7. The van der Waals surface area contributed by atoms with Gasteiger partial charge < -0.3 is 37.9 Å². The lowest BCUT2D eigenvalue weighted by atomic mass is 9.82. The van der Waals surface area contributed by atoms with Crippen molar-refractivity contribution >= 4 is 35.8 Å². The fourth-order valence-electron chi connectivity index (χ4n) is 6.45. The van der Waals surface area contributed by atoms with E-state index in [0.717, 1.165) is 34.9 Å². The fourth-order valence-corrected chi connectivity index (χ4v) is 6.45. The molecule has 3 atom stereocenters. The zero-order chi connectivity index (χ0) is 46.3. The number of ether oxygens (including phenoxy) is 8. The van der Waals surface area contributed by atoms with E-state index >= 15 is 0 Å². The standard InChI is InChI=1S/C50H48O14/c1-8-45(51)59-28-41(62-47(53)10-3)27-58-42-17-14-37(22-31(42)5)49(55)63-40-16-13-35-25-39(12-11-36(35)26-40)48(54)57-20-19-34-21-33(7)44(24-30(34)4)64-50(56)38-15-18-43(32(6)23-38)60-29-61-46(52)9-2/h8-18,21-26,35-36,41H,1-3,19-20,27-29H2,4-7H3. The number of allylic oxidation sites excluding steroid dienone is 5. The van der Waals surface area contributed by atoms with Crippen LogP contribution in [0.3, 0.4) is 0 Å². The SMILES string of the molecule is C=CC(=O)OCOc1ccc(C(=O)Oc2cc(C)c(CCOC(=O)C3=CC4C=CC(OC(=O)c5ccc(OCC(COC(=O)C=C)OC(=O)C=C)c(C)c5)=CC4C=C3)cc2C)cc1C. The van der Waals surface area contributed by atoms with E-state index in [4.69, 9.17) is 37.9 Å². The molecule has 64 heavy (non-hydrogen) atoms. The number of esters is 6. The van der Waals surface area contributed by atoms with Crippen molar-refractivity contribution < 1.29 is 66.7 Å². The van der Waals surface area contributed by atoms with Crippen molar-refractivity contribution in [2.24, 2.45) is 11.8 Å². The minimum atomic E-state index is -0.917. The second kappa shape index (κ2) is 22.4. The summed E-state index contributed by atoms with van der Waals surface area (Å²) < 4.78 is 43.3. The van der Waals surface area contributed by atoms with Crippen LogP contribution in [0.25, 0.3) is 0 Å². The molecule has 0 aromatic heterocycles. The molecular weight excluding hydrogens is 825 g/mol. The largest absolute Gasteiger partial charge is 0.489 e. The Morgan fingerprint density at radius 1 is 0.594 bits per heavy atom. The molecule has 3 aromatic rings. The van der Waals surface area contributed by atoms with Crippen LogP contribution in [-0.2, 0) is 49.3 Å². The van der Waals surface area contributed by atoms with Crippen LogP contribution < -0.4 is 14.2 Å². The van der Waals surface area contributed by atoms with Crippen molar-refractivity contribution in [3.8, 4) is 17.2 Å². The highest BCUT2D eigenvalue weighted by Crippen LogP contribution is 2.32. The van der Waals surface area contributed by atoms with Crippen molar-refractivity contribution in [2.75, 3.05) is 26.6 Å². The first-order chi connectivity index (χ1) is 30.7. The minimum Gasteiger partial charge on any atom is -0.489 e. The Labute approximate surface area is 370 Å². The van der Waals surface area contributed by atoms with E-state index in [2.05, 4.69) is 19.7 Å². The maximum absolute atomic E-state index is 13.1. The van der Waals surface area contributed by atoms with E-state index < -0.39 is 41.9 Å². The lowest BCUT2D eigenvalue weighted by Gasteiger charge is -2.24. The highest BCUT2D eigenvalue weighted by atomic mass is 16.7. The van der Waals surface area contributed by atoms with Gasteiger partial charge in [0, 0.05) is 36.5 Å². The van der Waals surface area contributed by atoms with Gasteiger partial charge in [-0.05, 0) is 110 Å². The highest BCUT2D eigenvalue weighted by molar-refractivity contribution is 5.93. The van der Waals surface area contributed by atoms with Gasteiger partial charge in [-0.15, -0.1) is 0 Å². The molecule has 3 unspecified atom stereocenters. The smallest absolute Gasteiger partial charge is 0.343 e. The van der Waals surface area contributed by atoms with Crippen LogP contribution in [0.15, 0.2) is 134 Å². The van der Waals surface area contributed by atoms with Crippen molar-refractivity contribution in [1.29, 1.82) is 0 Å². The summed E-state index contributed by atoms with van der Waals surface area (Å²) in [6, 6.07) is 13.2. The van der Waals surface area contributed by atoms with E-state index in [-0.39, 0.29) is 44.0 Å². The molecular formula is C50H48O14. The molecule has 2 aliphatic carbocycles. The summed E-state index contributed by atoms with van der Waals surface area (Å²) in [4.78, 5) is 73.7. The van der Waals surface area contributed by atoms with E-state index in [1.54, 1.807) is 68.5 Å². The van der Waals surface area contributed by atoms with Gasteiger partial charge in [0.15, 0.2) is 6.10 Å². The van der Waals surface area contributed by atoms with Crippen LogP contribution in [0.4, 0.5) is 0 Å². The maximum Gasteiger partial charge on any atom is 0.343 e. The van der Waals surface area contributed by atoms with Crippen molar-refractivity contribution in [2.45, 2.75) is 40.2 Å². The van der Waals surface area contributed by atoms with Gasteiger partial charge in [-0.25, -0.2) is 28.8 Å². The van der Waals surface area contributed by atoms with E-state index in [1.807, 2.05) is 38.1 Å². The Morgan fingerprint density at radius 2 is 1.19 bits per heavy atom. The van der Waals surface area contributed by atoms with E-state index in [1.165, 1.54) is 6.07 Å². The normalized spacial score (nSPS) is 15.1. The zero-order valence-corrected chi connectivity index (χ0v) is 35.9. The molecule has 3 aromatic carbocycles. The number of benzene rings is 3. The molecule has 14 heteroatoms. The molecule has 0 bridgehead atoms. The number of carbonyl (C=O) groups excluding carboxylic acids is 6. The molecule has 0 saturated carbocycles. The molecule has 0 spiro atoms. The van der Waals surface area contributed by atoms with Gasteiger partial charge in [0.2, 0.25) is 6.79 Å². The quantitative estimate of drug-likeness (QED) is 0.0358. The van der Waals surface area contributed by atoms with Gasteiger partial charge in [-0.1, -0.05) is 50.1 Å². The monoisotopic (exact) mass is 872 g/mol. The van der Waals surface area contributed by atoms with Crippen molar-refractivity contribution in [3.05, 3.63) is 173 Å². The summed E-state index contributed by atoms with van der Waals surface area (Å²) in [5.74, 6) is -2.33. The predicted molar refractivity (Wildman–Crippen MR) is 233 cm³/mol. The van der Waals surface area contributed by atoms with Crippen molar-refractivity contribution in [1.82, 2.24) is 0 Å². The summed E-state index contributed by atoms with van der Waals surface area (Å²) in [5, 5.41) is 0. The molecule has 0 N–H and O–H groups in total. The van der Waals surface area contributed by atoms with Gasteiger partial charge in [0.25, 0.3) is 0 Å². The number of carbonyl (C=O) groups is 6. The molecule has 2 aliphatic rings. The summed E-state index contributed by atoms with van der Waals surface area (Å²) in [6.07, 6.45) is 13.2. The first-order valence-corrected chi connectivity index (χ1v) is 20.1. The highest BCUT2D eigenvalue weighted by Gasteiger charge is 2.25. The third-order valence-corrected chi connectivity index (χ3v) is 9.90. The Hall–Kier alpha value is -7.74. The minimum absolute atomic E-state index is 0.124. The van der Waals surface area contributed by atoms with Crippen LogP contribution in [0, 0.1) is 39.5 Å². The average molecular weight is 873 g/mol. The van der Waals surface area contributed by atoms with Gasteiger partial charge in [-0.2, -0.15) is 0 Å². The second-order valence-corrected chi connectivity index (χ2v) is 14.6. The first-order valence-electron chi connectivity index (χ1n) is 20.1. The molecule has 0 heterocycles. The summed E-state index contributed by atoms with van der Waals surface area (Å²) in [7, 11) is 0. The predicted octanol–water partition coefficient (Wildman–Crippen LogP) is 7.54. The Morgan fingerprint density at radius 3 is 1.84 bits per heavy atom. The van der Waals surface area contributed by atoms with E-state index in [9.17, 15) is 28.8 Å². The number of fused-ring (bicyclic) bond motifs is 1. The van der Waals surface area contributed by atoms with E-state index in [0.29, 0.717) is 51.7 Å². The number of aryl methyl sites for hydroxylation is 4. The molecule has 5 rings (SSSR count). The van der Waals surface area contributed by atoms with Crippen LogP contribution in [-0.4, -0.2) is 68.5 Å². The molecule has 0 aliphatic heterocycles. The molecule has 14 nitrogen and oxygen atoms in total. The molecule has 0 fully saturated rings. The molecule has 0 radical (unpaired) electrons. The van der Waals surface area contributed by atoms with Gasteiger partial charge in [0.05, 0.1) is 23.3 Å². The Bertz CT molecular complexity index is 2470. The molecule has 332 valence electrons. The third-order valence-electron chi connectivity index (χ3n) is 9.90. The molecule has 0 amide bonds. The average Bonchev–Trinajstić information content (AvgIpc) is 3.28. The van der Waals surface area contributed by atoms with Gasteiger partial charge in [-0.3, -0.25) is 0 Å². The maximum atomic E-state index is 13.1. The number of rotatable bonds is 20. The second-order valence-electron chi connectivity index (χ2n) is 14.6. The number of hydrogen-bond donors (Lipinski definition) is 0. The molecule has 0 saturated heterocycles. The fraction of sp³-hybridized carbons (Fsp3) is 0.240. The van der Waals surface area contributed by atoms with Crippen LogP contribution in [0.5, 0.6) is 17.2 Å². The number of hydrogen-bond acceptors (Lipinski definition) is 14. The Kier molecular flexibility index (Phi) is 16.5. The first kappa shape index (κ1) is 47.3. The van der Waals surface area contributed by atoms with Crippen molar-refractivity contribution in [3.63, 3.8) is 0 Å². The summed E-state index contributed by atoms with van der Waals surface area (Å²) >= 11 is 0. The van der Waals surface area contributed by atoms with Crippen LogP contribution in [0.1, 0.15) is 48.5 Å².